The lowest BCUT2D eigenvalue weighted by Gasteiger charge is -2.02. The zero-order chi connectivity index (χ0) is 11.4. The van der Waals surface area contributed by atoms with Gasteiger partial charge in [0.2, 0.25) is 5.91 Å². The molecular formula is C11H10N4O. The molecule has 1 amide bonds. The van der Waals surface area contributed by atoms with E-state index in [1.807, 2.05) is 24.3 Å². The van der Waals surface area contributed by atoms with E-state index < -0.39 is 0 Å². The summed E-state index contributed by atoms with van der Waals surface area (Å²) in [6.45, 7) is 0.314. The van der Waals surface area contributed by atoms with Crippen LogP contribution in [0.5, 0.6) is 0 Å². The molecule has 1 aliphatic rings. The van der Waals surface area contributed by atoms with Gasteiger partial charge >= 0.3 is 0 Å². The van der Waals surface area contributed by atoms with Gasteiger partial charge in [-0.1, -0.05) is 35.5 Å². The molecule has 0 unspecified atom stereocenters. The van der Waals surface area contributed by atoms with E-state index in [1.54, 1.807) is 6.08 Å². The summed E-state index contributed by atoms with van der Waals surface area (Å²) in [5.74, 6) is 0.0193. The first-order chi connectivity index (χ1) is 7.81. The normalized spacial score (nSPS) is 13.4. The highest BCUT2D eigenvalue weighted by atomic mass is 16.1. The molecule has 16 heavy (non-hydrogen) atoms. The fourth-order valence-corrected chi connectivity index (χ4v) is 1.68. The highest BCUT2D eigenvalue weighted by Crippen LogP contribution is 2.27. The zero-order valence-electron chi connectivity index (χ0n) is 8.55. The van der Waals surface area contributed by atoms with E-state index in [0.717, 1.165) is 16.8 Å². The summed E-state index contributed by atoms with van der Waals surface area (Å²) in [6.07, 6.45) is 4.05. The first-order valence-corrected chi connectivity index (χ1v) is 4.90. The van der Waals surface area contributed by atoms with Crippen molar-refractivity contribution < 1.29 is 4.79 Å². The minimum absolute atomic E-state index is 0.0193. The minimum Gasteiger partial charge on any atom is -0.325 e. The van der Waals surface area contributed by atoms with E-state index >= 15 is 0 Å². The number of hydrogen-bond acceptors (Lipinski definition) is 2. The Bertz CT molecular complexity index is 501. The van der Waals surface area contributed by atoms with Crippen molar-refractivity contribution in [3.05, 3.63) is 45.8 Å². The van der Waals surface area contributed by atoms with Gasteiger partial charge in [0.05, 0.1) is 12.1 Å². The lowest BCUT2D eigenvalue weighted by atomic mass is 10.1. The molecule has 0 atom stereocenters. The van der Waals surface area contributed by atoms with Crippen LogP contribution in [0.3, 0.4) is 0 Å². The third-order valence-electron chi connectivity index (χ3n) is 2.35. The summed E-state index contributed by atoms with van der Waals surface area (Å²) in [5, 5.41) is 6.22. The Morgan fingerprint density at radius 1 is 1.56 bits per heavy atom. The maximum absolute atomic E-state index is 11.2. The molecule has 0 spiro atoms. The number of azide groups is 1. The Kier molecular flexibility index (Phi) is 2.89. The third-order valence-corrected chi connectivity index (χ3v) is 2.35. The maximum atomic E-state index is 11.2. The second-order valence-corrected chi connectivity index (χ2v) is 3.42. The molecule has 0 aliphatic carbocycles. The smallest absolute Gasteiger partial charge is 0.228 e. The predicted octanol–water partition coefficient (Wildman–Crippen LogP) is 2.50. The molecule has 5 nitrogen and oxygen atoms in total. The summed E-state index contributed by atoms with van der Waals surface area (Å²) in [5.41, 5.74) is 10.9. The SMILES string of the molecule is [N-]=[N+]=NCC=Cc1cccc2c1NC(=O)C2. The molecule has 0 radical (unpaired) electrons. The van der Waals surface area contributed by atoms with Gasteiger partial charge in [0.1, 0.15) is 0 Å². The van der Waals surface area contributed by atoms with Crippen molar-refractivity contribution in [1.82, 2.24) is 0 Å². The van der Waals surface area contributed by atoms with Gasteiger partial charge in [-0.25, -0.2) is 0 Å². The molecule has 0 fully saturated rings. The first-order valence-electron chi connectivity index (χ1n) is 4.90. The fourth-order valence-electron chi connectivity index (χ4n) is 1.68. The summed E-state index contributed by atoms with van der Waals surface area (Å²) in [6, 6.07) is 5.75. The van der Waals surface area contributed by atoms with Crippen molar-refractivity contribution >= 4 is 17.7 Å². The van der Waals surface area contributed by atoms with E-state index in [0.29, 0.717) is 13.0 Å². The summed E-state index contributed by atoms with van der Waals surface area (Å²) in [4.78, 5) is 13.9. The van der Waals surface area contributed by atoms with Crippen LogP contribution in [0.1, 0.15) is 11.1 Å². The molecule has 1 heterocycles. The van der Waals surface area contributed by atoms with Crippen molar-refractivity contribution in [2.75, 3.05) is 11.9 Å². The van der Waals surface area contributed by atoms with E-state index in [4.69, 9.17) is 5.53 Å². The quantitative estimate of drug-likeness (QED) is 0.468. The third kappa shape index (κ3) is 2.04. The highest BCUT2D eigenvalue weighted by molar-refractivity contribution is 6.01. The molecule has 0 bridgehead atoms. The van der Waals surface area contributed by atoms with E-state index in [9.17, 15) is 4.79 Å². The lowest BCUT2D eigenvalue weighted by molar-refractivity contribution is -0.115. The predicted molar refractivity (Wildman–Crippen MR) is 61.8 cm³/mol. The molecule has 0 saturated heterocycles. The van der Waals surface area contributed by atoms with Crippen molar-refractivity contribution in [3.8, 4) is 0 Å². The number of nitrogens with zero attached hydrogens (tertiary/aromatic N) is 3. The second kappa shape index (κ2) is 4.51. The Balaban J connectivity index is 2.23. The Morgan fingerprint density at radius 3 is 3.25 bits per heavy atom. The van der Waals surface area contributed by atoms with Crippen LogP contribution in [0, 0.1) is 0 Å². The van der Waals surface area contributed by atoms with Crippen LogP contribution in [-0.2, 0) is 11.2 Å². The summed E-state index contributed by atoms with van der Waals surface area (Å²) >= 11 is 0. The van der Waals surface area contributed by atoms with E-state index in [1.165, 1.54) is 0 Å². The van der Waals surface area contributed by atoms with Crippen LogP contribution < -0.4 is 5.32 Å². The van der Waals surface area contributed by atoms with Crippen LogP contribution in [0.2, 0.25) is 0 Å². The van der Waals surface area contributed by atoms with Crippen LogP contribution in [-0.4, -0.2) is 12.5 Å². The molecule has 0 saturated carbocycles. The van der Waals surface area contributed by atoms with Crippen LogP contribution in [0.4, 0.5) is 5.69 Å². The molecule has 0 aromatic heterocycles. The van der Waals surface area contributed by atoms with Crippen LogP contribution >= 0.6 is 0 Å². The number of carbonyl (C=O) groups is 1. The molecule has 80 valence electrons. The highest BCUT2D eigenvalue weighted by Gasteiger charge is 2.18. The first kappa shape index (κ1) is 10.3. The second-order valence-electron chi connectivity index (χ2n) is 3.42. The Hall–Kier alpha value is -2.26. The number of anilines is 1. The summed E-state index contributed by atoms with van der Waals surface area (Å²) in [7, 11) is 0. The fraction of sp³-hybridized carbons (Fsp3) is 0.182. The monoisotopic (exact) mass is 214 g/mol. The molecule has 1 aromatic rings. The Morgan fingerprint density at radius 2 is 2.44 bits per heavy atom. The minimum atomic E-state index is 0.0193. The van der Waals surface area contributed by atoms with Crippen LogP contribution in [0.15, 0.2) is 29.4 Å². The van der Waals surface area contributed by atoms with Crippen molar-refractivity contribution in [3.63, 3.8) is 0 Å². The van der Waals surface area contributed by atoms with Crippen molar-refractivity contribution in [1.29, 1.82) is 0 Å². The van der Waals surface area contributed by atoms with E-state index in [2.05, 4.69) is 15.3 Å². The van der Waals surface area contributed by atoms with Gasteiger partial charge in [0, 0.05) is 11.5 Å². The number of benzene rings is 1. The maximum Gasteiger partial charge on any atom is 0.228 e. The molecule has 1 N–H and O–H groups in total. The molecule has 1 aliphatic heterocycles. The van der Waals surface area contributed by atoms with Crippen LogP contribution in [0.25, 0.3) is 16.5 Å². The molecule has 1 aromatic carbocycles. The summed E-state index contributed by atoms with van der Waals surface area (Å²) < 4.78 is 0. The zero-order valence-corrected chi connectivity index (χ0v) is 8.55. The van der Waals surface area contributed by atoms with Crippen molar-refractivity contribution in [2.45, 2.75) is 6.42 Å². The lowest BCUT2D eigenvalue weighted by Crippen LogP contribution is -2.04. The number of fused-ring (bicyclic) bond motifs is 1. The molecule has 2 rings (SSSR count). The van der Waals surface area contributed by atoms with Gasteiger partial charge in [0.15, 0.2) is 0 Å². The molecule has 5 heteroatoms. The van der Waals surface area contributed by atoms with E-state index in [-0.39, 0.29) is 5.91 Å². The van der Waals surface area contributed by atoms with Crippen molar-refractivity contribution in [2.24, 2.45) is 5.11 Å². The standard InChI is InChI=1S/C11H10N4O/c12-15-13-6-2-5-8-3-1-4-9-7-10(16)14-11(8)9/h1-5H,6-7H2,(H,14,16). The number of rotatable bonds is 3. The number of para-hydroxylation sites is 1. The average Bonchev–Trinajstić information content (AvgIpc) is 2.65. The van der Waals surface area contributed by atoms with Gasteiger partial charge in [0.25, 0.3) is 0 Å². The van der Waals surface area contributed by atoms with Gasteiger partial charge < -0.3 is 5.32 Å². The largest absolute Gasteiger partial charge is 0.325 e. The van der Waals surface area contributed by atoms with Gasteiger partial charge in [-0.2, -0.15) is 0 Å². The molecular weight excluding hydrogens is 204 g/mol. The van der Waals surface area contributed by atoms with Gasteiger partial charge in [-0.3, -0.25) is 4.79 Å². The number of nitrogens with one attached hydrogen (secondary N) is 1. The van der Waals surface area contributed by atoms with Gasteiger partial charge in [-0.05, 0) is 16.7 Å². The number of amides is 1. The number of carbonyl (C=O) groups excluding carboxylic acids is 1. The Labute approximate surface area is 92.4 Å². The average molecular weight is 214 g/mol. The van der Waals surface area contributed by atoms with Gasteiger partial charge in [-0.15, -0.1) is 0 Å². The number of hydrogen-bond donors (Lipinski definition) is 1. The topological polar surface area (TPSA) is 77.9 Å².